The molecule has 5 unspecified atom stereocenters. The summed E-state index contributed by atoms with van der Waals surface area (Å²) in [7, 11) is 0. The third kappa shape index (κ3) is 5.61. The average molecular weight is 579 g/mol. The molecule has 14 nitrogen and oxygen atoms in total. The Morgan fingerprint density at radius 3 is 2.02 bits per heavy atom. The van der Waals surface area contributed by atoms with Gasteiger partial charge in [0.25, 0.3) is 0 Å². The molecule has 0 aliphatic carbocycles. The first-order chi connectivity index (χ1) is 19.5. The van der Waals surface area contributed by atoms with Gasteiger partial charge in [-0.05, 0) is 31.2 Å². The van der Waals surface area contributed by atoms with Crippen LogP contribution in [-0.2, 0) is 9.47 Å². The lowest BCUT2D eigenvalue weighted by Crippen LogP contribution is -2.60. The summed E-state index contributed by atoms with van der Waals surface area (Å²) in [5.74, 6) is -0.223. The van der Waals surface area contributed by atoms with E-state index in [1.807, 2.05) is 0 Å². The van der Waals surface area contributed by atoms with Crippen LogP contribution in [-0.4, -0.2) is 109 Å². The number of aromatic hydroxyl groups is 1. The van der Waals surface area contributed by atoms with Gasteiger partial charge in [0, 0.05) is 23.8 Å². The van der Waals surface area contributed by atoms with Gasteiger partial charge in [-0.25, -0.2) is 0 Å². The van der Waals surface area contributed by atoms with Crippen LogP contribution in [0.4, 0.5) is 0 Å². The van der Waals surface area contributed by atoms with E-state index in [-0.39, 0.29) is 28.2 Å². The molecular weight excluding hydrogens is 548 g/mol. The molecule has 5 rings (SSSR count). The zero-order chi connectivity index (χ0) is 29.6. The van der Waals surface area contributed by atoms with Gasteiger partial charge >= 0.3 is 0 Å². The summed E-state index contributed by atoms with van der Waals surface area (Å²) in [6.07, 6.45) is -13.9. The van der Waals surface area contributed by atoms with E-state index in [0.29, 0.717) is 5.56 Å². The van der Waals surface area contributed by atoms with Crippen molar-refractivity contribution in [3.63, 3.8) is 0 Å². The van der Waals surface area contributed by atoms with Crippen molar-refractivity contribution in [2.75, 3.05) is 6.61 Å². The van der Waals surface area contributed by atoms with Gasteiger partial charge in [0.2, 0.25) is 12.6 Å². The van der Waals surface area contributed by atoms with E-state index in [9.17, 15) is 45.6 Å². The number of aliphatic hydroxyl groups is 7. The summed E-state index contributed by atoms with van der Waals surface area (Å²) in [5, 5.41) is 79.9. The van der Waals surface area contributed by atoms with Crippen molar-refractivity contribution in [1.29, 1.82) is 0 Å². The number of fused-ring (bicyclic) bond motifs is 1. The molecule has 2 saturated heterocycles. The van der Waals surface area contributed by atoms with Gasteiger partial charge in [-0.3, -0.25) is 4.79 Å². The first kappa shape index (κ1) is 29.2. The molecule has 0 saturated carbocycles. The molecule has 10 atom stereocenters. The Morgan fingerprint density at radius 2 is 1.37 bits per heavy atom. The lowest BCUT2D eigenvalue weighted by atomic mass is 9.99. The van der Waals surface area contributed by atoms with E-state index >= 15 is 0 Å². The standard InChI is InChI=1S/C27H30O14/c1-10-20(31)22(33)24(35)26(37-10)38-12-4-2-11(3-5-12)16-8-15(30)19-14(29)6-13(7-17(19)40-16)39-27-25(36)23(34)21(32)18(9-28)41-27/h2-8,10,18,20-29,31-36H,9H2,1H3/t10?,18?,20-,21+,22?,23?,24-,25?,26-,27+/m0/s1. The lowest BCUT2D eigenvalue weighted by molar-refractivity contribution is -0.277. The molecule has 8 N–H and O–H groups in total. The molecule has 0 radical (unpaired) electrons. The Hall–Kier alpha value is -3.31. The third-order valence-electron chi connectivity index (χ3n) is 7.08. The van der Waals surface area contributed by atoms with E-state index < -0.39 is 79.2 Å². The number of aliphatic hydroxyl groups excluding tert-OH is 7. The van der Waals surface area contributed by atoms with Crippen molar-refractivity contribution in [1.82, 2.24) is 0 Å². The summed E-state index contributed by atoms with van der Waals surface area (Å²) in [4.78, 5) is 12.8. The number of hydrogen-bond acceptors (Lipinski definition) is 14. The molecule has 14 heteroatoms. The molecule has 41 heavy (non-hydrogen) atoms. The summed E-state index contributed by atoms with van der Waals surface area (Å²) in [6.45, 7) is 0.868. The molecule has 2 aliphatic rings. The summed E-state index contributed by atoms with van der Waals surface area (Å²) < 4.78 is 27.8. The van der Waals surface area contributed by atoms with Crippen molar-refractivity contribution in [2.45, 2.75) is 68.3 Å². The van der Waals surface area contributed by atoms with E-state index in [1.54, 1.807) is 12.1 Å². The Bertz CT molecular complexity index is 1420. The largest absolute Gasteiger partial charge is 0.507 e. The topological polar surface area (TPSA) is 229 Å². The highest BCUT2D eigenvalue weighted by Crippen LogP contribution is 2.34. The number of phenols is 1. The highest BCUT2D eigenvalue weighted by Gasteiger charge is 2.45. The molecule has 2 aliphatic heterocycles. The molecule has 0 amide bonds. The Balaban J connectivity index is 1.38. The fraction of sp³-hybridized carbons (Fsp3) is 0.444. The van der Waals surface area contributed by atoms with Crippen LogP contribution in [0.25, 0.3) is 22.3 Å². The molecular formula is C27H30O14. The van der Waals surface area contributed by atoms with Crippen LogP contribution in [0.3, 0.4) is 0 Å². The first-order valence-electron chi connectivity index (χ1n) is 12.7. The van der Waals surface area contributed by atoms with E-state index in [1.165, 1.54) is 31.2 Å². The summed E-state index contributed by atoms with van der Waals surface area (Å²) in [6, 6.07) is 9.65. The number of ether oxygens (including phenoxy) is 4. The molecule has 0 spiro atoms. The maximum Gasteiger partial charge on any atom is 0.229 e. The second kappa shape index (κ2) is 11.5. The average Bonchev–Trinajstić information content (AvgIpc) is 2.95. The minimum atomic E-state index is -1.69. The van der Waals surface area contributed by atoms with Crippen LogP contribution in [0.5, 0.6) is 17.2 Å². The van der Waals surface area contributed by atoms with Crippen molar-refractivity contribution >= 4 is 11.0 Å². The van der Waals surface area contributed by atoms with Gasteiger partial charge in [-0.15, -0.1) is 0 Å². The number of hydrogen-bond donors (Lipinski definition) is 8. The molecule has 2 aromatic carbocycles. The van der Waals surface area contributed by atoms with Gasteiger partial charge in [-0.2, -0.15) is 0 Å². The van der Waals surface area contributed by atoms with Crippen molar-refractivity contribution in [3.05, 3.63) is 52.7 Å². The quantitative estimate of drug-likeness (QED) is 0.167. The Morgan fingerprint density at radius 1 is 0.756 bits per heavy atom. The second-order valence-electron chi connectivity index (χ2n) is 9.93. The predicted molar refractivity (Wildman–Crippen MR) is 137 cm³/mol. The zero-order valence-electron chi connectivity index (χ0n) is 21.5. The smallest absolute Gasteiger partial charge is 0.229 e. The van der Waals surface area contributed by atoms with Gasteiger partial charge in [0.15, 0.2) is 5.43 Å². The minimum Gasteiger partial charge on any atom is -0.507 e. The van der Waals surface area contributed by atoms with Crippen molar-refractivity contribution in [3.8, 4) is 28.6 Å². The van der Waals surface area contributed by atoms with E-state index in [2.05, 4.69) is 0 Å². The SMILES string of the molecule is CC1O[C@@H](Oc2ccc(-c3cc(=O)c4c(O)cc(O[C@@H]5OC(CO)[C@@H](O)C(O)C5O)cc4o3)cc2)[C@@H](O)C(O)[C@H]1O. The van der Waals surface area contributed by atoms with Gasteiger partial charge in [0.05, 0.1) is 12.7 Å². The van der Waals surface area contributed by atoms with E-state index in [4.69, 9.17) is 23.4 Å². The van der Waals surface area contributed by atoms with Crippen molar-refractivity contribution in [2.24, 2.45) is 0 Å². The fourth-order valence-corrected chi connectivity index (χ4v) is 4.70. The third-order valence-corrected chi connectivity index (χ3v) is 7.08. The first-order valence-corrected chi connectivity index (χ1v) is 12.7. The fourth-order valence-electron chi connectivity index (χ4n) is 4.70. The van der Waals surface area contributed by atoms with Crippen LogP contribution in [0.2, 0.25) is 0 Å². The van der Waals surface area contributed by atoms with Crippen molar-refractivity contribution < 1.29 is 64.2 Å². The monoisotopic (exact) mass is 578 g/mol. The zero-order valence-corrected chi connectivity index (χ0v) is 21.5. The van der Waals surface area contributed by atoms with Gasteiger partial charge in [-0.1, -0.05) is 0 Å². The highest BCUT2D eigenvalue weighted by molar-refractivity contribution is 5.86. The number of benzene rings is 2. The summed E-state index contributed by atoms with van der Waals surface area (Å²) >= 11 is 0. The molecule has 3 heterocycles. The maximum atomic E-state index is 12.8. The molecule has 2 fully saturated rings. The number of rotatable bonds is 6. The summed E-state index contributed by atoms with van der Waals surface area (Å²) in [5.41, 5.74) is -0.212. The molecule has 0 bridgehead atoms. The van der Waals surface area contributed by atoms with Crippen LogP contribution in [0.15, 0.2) is 51.7 Å². The van der Waals surface area contributed by atoms with Gasteiger partial charge < -0.3 is 64.2 Å². The molecule has 222 valence electrons. The lowest BCUT2D eigenvalue weighted by Gasteiger charge is -2.39. The minimum absolute atomic E-state index is 0.0762. The van der Waals surface area contributed by atoms with Crippen LogP contribution >= 0.6 is 0 Å². The Labute approximate surface area is 231 Å². The predicted octanol–water partition coefficient (Wildman–Crippen LogP) is -1.45. The highest BCUT2D eigenvalue weighted by atomic mass is 16.7. The van der Waals surface area contributed by atoms with Gasteiger partial charge in [0.1, 0.15) is 76.7 Å². The Kier molecular flexibility index (Phi) is 8.20. The normalized spacial score (nSPS) is 34.0. The second-order valence-corrected chi connectivity index (χ2v) is 9.93. The number of phenolic OH excluding ortho intramolecular Hbond substituents is 1. The molecule has 3 aromatic rings. The van der Waals surface area contributed by atoms with E-state index in [0.717, 1.165) is 6.07 Å². The van der Waals surface area contributed by atoms with Crippen LogP contribution in [0.1, 0.15) is 6.92 Å². The van der Waals surface area contributed by atoms with Crippen LogP contribution in [0, 0.1) is 0 Å². The molecule has 1 aromatic heterocycles. The maximum absolute atomic E-state index is 12.8. The van der Waals surface area contributed by atoms with Crippen LogP contribution < -0.4 is 14.9 Å².